The lowest BCUT2D eigenvalue weighted by molar-refractivity contribution is -0.133. The Morgan fingerprint density at radius 1 is 1.07 bits per heavy atom. The normalized spacial score (nSPS) is 13.8. The summed E-state index contributed by atoms with van der Waals surface area (Å²) in [5.41, 5.74) is 1.43. The molecule has 29 heavy (non-hydrogen) atoms. The minimum absolute atomic E-state index is 0.0626. The van der Waals surface area contributed by atoms with E-state index in [1.54, 1.807) is 30.1 Å². The number of thiocarbonyl (C=S) groups is 1. The molecule has 0 spiro atoms. The number of nitrogens with one attached hydrogen (secondary N) is 2. The summed E-state index contributed by atoms with van der Waals surface area (Å²) < 4.78 is 32.1. The van der Waals surface area contributed by atoms with E-state index in [0.29, 0.717) is 42.7 Å². The van der Waals surface area contributed by atoms with Gasteiger partial charge in [0.25, 0.3) is 5.91 Å². The van der Waals surface area contributed by atoms with Crippen LogP contribution in [0.3, 0.4) is 0 Å². The highest BCUT2D eigenvalue weighted by Crippen LogP contribution is 2.20. The van der Waals surface area contributed by atoms with Crippen LogP contribution in [0, 0.1) is 11.6 Å². The third-order valence-electron chi connectivity index (χ3n) is 4.60. The molecule has 9 heteroatoms. The molecular formula is C20H22F2N4O2S. The van der Waals surface area contributed by atoms with E-state index in [9.17, 15) is 13.6 Å². The maximum atomic E-state index is 13.4. The third kappa shape index (κ3) is 5.54. The summed E-state index contributed by atoms with van der Waals surface area (Å²) in [5.74, 6) is -1.27. The number of amides is 1. The molecule has 1 fully saturated rings. The predicted molar refractivity (Wildman–Crippen MR) is 112 cm³/mol. The number of hydrogen-bond acceptors (Lipinski definition) is 4. The van der Waals surface area contributed by atoms with Gasteiger partial charge in [-0.05, 0) is 48.6 Å². The second-order valence-corrected chi connectivity index (χ2v) is 6.89. The van der Waals surface area contributed by atoms with E-state index in [-0.39, 0.29) is 12.5 Å². The summed E-state index contributed by atoms with van der Waals surface area (Å²) in [5, 5.41) is 6.33. The van der Waals surface area contributed by atoms with Gasteiger partial charge in [0.1, 0.15) is 5.75 Å². The lowest BCUT2D eigenvalue weighted by atomic mass is 10.2. The smallest absolute Gasteiger partial charge is 0.260 e. The zero-order valence-corrected chi connectivity index (χ0v) is 16.8. The zero-order chi connectivity index (χ0) is 20.8. The first-order chi connectivity index (χ1) is 14.0. The van der Waals surface area contributed by atoms with Crippen LogP contribution in [0.25, 0.3) is 0 Å². The Morgan fingerprint density at radius 2 is 1.76 bits per heavy atom. The fourth-order valence-corrected chi connectivity index (χ4v) is 3.08. The Morgan fingerprint density at radius 3 is 2.38 bits per heavy atom. The van der Waals surface area contributed by atoms with Gasteiger partial charge in [0, 0.05) is 50.7 Å². The van der Waals surface area contributed by atoms with Gasteiger partial charge in [0.05, 0.1) is 0 Å². The third-order valence-corrected chi connectivity index (χ3v) is 4.91. The number of ether oxygens (including phenoxy) is 1. The van der Waals surface area contributed by atoms with E-state index >= 15 is 0 Å². The molecule has 0 saturated carbocycles. The molecule has 0 unspecified atom stereocenters. The van der Waals surface area contributed by atoms with Crippen molar-refractivity contribution in [2.75, 3.05) is 50.1 Å². The maximum absolute atomic E-state index is 13.4. The molecule has 1 heterocycles. The minimum atomic E-state index is -0.872. The van der Waals surface area contributed by atoms with Crippen LogP contribution in [-0.2, 0) is 4.79 Å². The highest BCUT2D eigenvalue weighted by molar-refractivity contribution is 7.80. The van der Waals surface area contributed by atoms with Crippen LogP contribution in [0.4, 0.5) is 20.2 Å². The van der Waals surface area contributed by atoms with Crippen molar-refractivity contribution >= 4 is 34.6 Å². The maximum Gasteiger partial charge on any atom is 0.260 e. The summed E-state index contributed by atoms with van der Waals surface area (Å²) in [6.07, 6.45) is 0. The molecule has 2 aromatic rings. The second-order valence-electron chi connectivity index (χ2n) is 6.48. The first-order valence-electron chi connectivity index (χ1n) is 9.15. The highest BCUT2D eigenvalue weighted by atomic mass is 32.1. The van der Waals surface area contributed by atoms with Crippen molar-refractivity contribution in [3.05, 3.63) is 54.1 Å². The second kappa shape index (κ2) is 9.51. The molecule has 0 bridgehead atoms. The number of piperazine rings is 1. The molecule has 1 aliphatic rings. The van der Waals surface area contributed by atoms with Gasteiger partial charge >= 0.3 is 0 Å². The average molecular weight is 420 g/mol. The van der Waals surface area contributed by atoms with Gasteiger partial charge in [-0.25, -0.2) is 8.78 Å². The molecule has 2 aromatic carbocycles. The average Bonchev–Trinajstić information content (AvgIpc) is 2.75. The molecule has 0 atom stereocenters. The van der Waals surface area contributed by atoms with Gasteiger partial charge in [0.15, 0.2) is 23.4 Å². The summed E-state index contributed by atoms with van der Waals surface area (Å²) in [6, 6.07) is 11.0. The van der Waals surface area contributed by atoms with Crippen LogP contribution >= 0.6 is 12.2 Å². The molecule has 1 amide bonds. The Labute approximate surface area is 173 Å². The van der Waals surface area contributed by atoms with E-state index in [1.807, 2.05) is 17.0 Å². The number of carbonyl (C=O) groups excluding carboxylic acids is 1. The molecule has 6 nitrogen and oxygen atoms in total. The van der Waals surface area contributed by atoms with Crippen molar-refractivity contribution in [3.63, 3.8) is 0 Å². The molecule has 1 saturated heterocycles. The molecule has 2 N–H and O–H groups in total. The van der Waals surface area contributed by atoms with Gasteiger partial charge in [-0.15, -0.1) is 0 Å². The zero-order valence-electron chi connectivity index (χ0n) is 16.0. The largest absolute Gasteiger partial charge is 0.484 e. The van der Waals surface area contributed by atoms with E-state index in [0.717, 1.165) is 11.8 Å². The van der Waals surface area contributed by atoms with Crippen molar-refractivity contribution in [1.29, 1.82) is 0 Å². The minimum Gasteiger partial charge on any atom is -0.484 e. The quantitative estimate of drug-likeness (QED) is 0.726. The SMILES string of the molecule is CNC(=S)Nc1ccc(OCC(=O)N2CCN(c3ccc(F)c(F)c3)CC2)cc1. The van der Waals surface area contributed by atoms with Crippen molar-refractivity contribution in [1.82, 2.24) is 10.2 Å². The van der Waals surface area contributed by atoms with Crippen LogP contribution in [0.15, 0.2) is 42.5 Å². The number of rotatable bonds is 5. The van der Waals surface area contributed by atoms with Gasteiger partial charge in [0.2, 0.25) is 0 Å². The molecule has 1 aliphatic heterocycles. The van der Waals surface area contributed by atoms with E-state index in [4.69, 9.17) is 17.0 Å². The van der Waals surface area contributed by atoms with Crippen molar-refractivity contribution in [2.45, 2.75) is 0 Å². The number of anilines is 2. The molecular weight excluding hydrogens is 398 g/mol. The van der Waals surface area contributed by atoms with Gasteiger partial charge < -0.3 is 25.2 Å². The molecule has 154 valence electrons. The van der Waals surface area contributed by atoms with E-state index in [2.05, 4.69) is 10.6 Å². The van der Waals surface area contributed by atoms with Gasteiger partial charge in [-0.1, -0.05) is 0 Å². The Hall–Kier alpha value is -2.94. The number of hydrogen-bond donors (Lipinski definition) is 2. The summed E-state index contributed by atoms with van der Waals surface area (Å²) in [6.45, 7) is 2.01. The fraction of sp³-hybridized carbons (Fsp3) is 0.300. The standard InChI is InChI=1S/C20H22F2N4O2S/c1-23-20(29)24-14-2-5-16(6-3-14)28-13-19(27)26-10-8-25(9-11-26)15-4-7-17(21)18(22)12-15/h2-7,12H,8-11,13H2,1H3,(H2,23,24,29). The Balaban J connectivity index is 1.46. The number of carbonyl (C=O) groups is 1. The van der Waals surface area contributed by atoms with Gasteiger partial charge in [-0.2, -0.15) is 0 Å². The number of halogens is 2. The van der Waals surface area contributed by atoms with Crippen LogP contribution in [0.1, 0.15) is 0 Å². The van der Waals surface area contributed by atoms with Crippen molar-refractivity contribution in [2.24, 2.45) is 0 Å². The van der Waals surface area contributed by atoms with Crippen LogP contribution in [-0.4, -0.2) is 55.8 Å². The summed E-state index contributed by atoms with van der Waals surface area (Å²) in [4.78, 5) is 16.0. The topological polar surface area (TPSA) is 56.8 Å². The van der Waals surface area contributed by atoms with Crippen molar-refractivity contribution in [3.8, 4) is 5.75 Å². The van der Waals surface area contributed by atoms with Gasteiger partial charge in [-0.3, -0.25) is 4.79 Å². The molecule has 0 radical (unpaired) electrons. The van der Waals surface area contributed by atoms with Crippen molar-refractivity contribution < 1.29 is 18.3 Å². The van der Waals surface area contributed by atoms with E-state index in [1.165, 1.54) is 6.07 Å². The molecule has 0 aliphatic carbocycles. The number of nitrogens with zero attached hydrogens (tertiary/aromatic N) is 2. The Kier molecular flexibility index (Phi) is 6.82. The summed E-state index contributed by atoms with van der Waals surface area (Å²) >= 11 is 5.04. The van der Waals surface area contributed by atoms with Crippen LogP contribution in [0.5, 0.6) is 5.75 Å². The molecule has 0 aromatic heterocycles. The summed E-state index contributed by atoms with van der Waals surface area (Å²) in [7, 11) is 1.73. The molecule has 3 rings (SSSR count). The lowest BCUT2D eigenvalue weighted by Gasteiger charge is -2.36. The fourth-order valence-electron chi connectivity index (χ4n) is 2.96. The van der Waals surface area contributed by atoms with Crippen LogP contribution in [0.2, 0.25) is 0 Å². The predicted octanol–water partition coefficient (Wildman–Crippen LogP) is 2.61. The van der Waals surface area contributed by atoms with Crippen LogP contribution < -0.4 is 20.3 Å². The Bertz CT molecular complexity index is 871. The first kappa shape index (κ1) is 20.8. The number of benzene rings is 2. The highest BCUT2D eigenvalue weighted by Gasteiger charge is 2.22. The first-order valence-corrected chi connectivity index (χ1v) is 9.56. The monoisotopic (exact) mass is 420 g/mol. The van der Waals surface area contributed by atoms with E-state index < -0.39 is 11.6 Å². The lowest BCUT2D eigenvalue weighted by Crippen LogP contribution is -2.50.